The van der Waals surface area contributed by atoms with Gasteiger partial charge in [-0.3, -0.25) is 4.79 Å². The van der Waals surface area contributed by atoms with Crippen LogP contribution >= 0.6 is 11.3 Å². The number of anilines is 1. The minimum absolute atomic E-state index is 0.145. The summed E-state index contributed by atoms with van der Waals surface area (Å²) in [7, 11) is 0. The number of thiazole rings is 1. The molecule has 0 aromatic carbocycles. The van der Waals surface area contributed by atoms with Crippen molar-refractivity contribution in [3.8, 4) is 0 Å². The van der Waals surface area contributed by atoms with Gasteiger partial charge >= 0.3 is 5.97 Å². The van der Waals surface area contributed by atoms with Gasteiger partial charge in [0.15, 0.2) is 16.6 Å². The second-order valence-corrected chi connectivity index (χ2v) is 5.98. The fourth-order valence-electron chi connectivity index (χ4n) is 1.87. The quantitative estimate of drug-likeness (QED) is 0.544. The predicted octanol–water partition coefficient (Wildman–Crippen LogP) is 3.39. The molecule has 0 aliphatic heterocycles. The van der Waals surface area contributed by atoms with Crippen LogP contribution in [0.1, 0.15) is 61.2 Å². The summed E-state index contributed by atoms with van der Waals surface area (Å²) < 4.78 is 4.98. The van der Waals surface area contributed by atoms with Gasteiger partial charge in [-0.05, 0) is 19.8 Å². The zero-order valence-electron chi connectivity index (χ0n) is 13.4. The molecule has 0 saturated heterocycles. The van der Waals surface area contributed by atoms with Crippen LogP contribution in [0, 0.1) is 5.92 Å². The van der Waals surface area contributed by atoms with Crippen molar-refractivity contribution in [1.29, 1.82) is 0 Å². The average Bonchev–Trinajstić information content (AvgIpc) is 2.90. The number of rotatable bonds is 8. The molecule has 21 heavy (non-hydrogen) atoms. The van der Waals surface area contributed by atoms with E-state index in [9.17, 15) is 9.59 Å². The van der Waals surface area contributed by atoms with Crippen LogP contribution in [0.5, 0.6) is 0 Å². The Bertz CT molecular complexity index is 499. The first kappa shape index (κ1) is 17.6. The smallest absolute Gasteiger partial charge is 0.358 e. The van der Waals surface area contributed by atoms with E-state index in [1.807, 2.05) is 6.92 Å². The fraction of sp³-hybridized carbons (Fsp3) is 0.667. The van der Waals surface area contributed by atoms with E-state index < -0.39 is 5.97 Å². The number of esters is 1. The monoisotopic (exact) mass is 312 g/mol. The van der Waals surface area contributed by atoms with Gasteiger partial charge in [-0.2, -0.15) is 0 Å². The first-order valence-electron chi connectivity index (χ1n) is 7.38. The third kappa shape index (κ3) is 4.52. The number of carbonyl (C=O) groups is 2. The average molecular weight is 312 g/mol. The number of Topliss-reactive ketones (excluding diaryl/α,β-unsaturated/α-hetero) is 1. The fourth-order valence-corrected chi connectivity index (χ4v) is 2.89. The van der Waals surface area contributed by atoms with Crippen LogP contribution < -0.4 is 4.90 Å². The lowest BCUT2D eigenvalue weighted by molar-refractivity contribution is 0.0517. The highest BCUT2D eigenvalue weighted by Gasteiger charge is 2.24. The molecule has 0 bridgehead atoms. The zero-order chi connectivity index (χ0) is 16.0. The highest BCUT2D eigenvalue weighted by molar-refractivity contribution is 7.17. The maximum atomic E-state index is 11.9. The van der Waals surface area contributed by atoms with Crippen LogP contribution in [0.15, 0.2) is 0 Å². The van der Waals surface area contributed by atoms with Gasteiger partial charge < -0.3 is 9.64 Å². The molecular weight excluding hydrogens is 288 g/mol. The topological polar surface area (TPSA) is 59.5 Å². The molecule has 0 radical (unpaired) electrons. The van der Waals surface area contributed by atoms with Crippen LogP contribution in [0.4, 0.5) is 5.13 Å². The van der Waals surface area contributed by atoms with Crippen LogP contribution in [0.3, 0.4) is 0 Å². The van der Waals surface area contributed by atoms with Gasteiger partial charge in [0.2, 0.25) is 0 Å². The number of carbonyl (C=O) groups excluding carboxylic acids is 2. The second kappa shape index (κ2) is 8.12. The van der Waals surface area contributed by atoms with E-state index in [1.54, 1.807) is 6.92 Å². The lowest BCUT2D eigenvalue weighted by Gasteiger charge is -2.23. The molecule has 5 nitrogen and oxygen atoms in total. The third-order valence-electron chi connectivity index (χ3n) is 3.29. The molecule has 0 aliphatic rings. The molecule has 0 N–H and O–H groups in total. The molecule has 0 fully saturated rings. The minimum atomic E-state index is -0.523. The van der Waals surface area contributed by atoms with E-state index in [-0.39, 0.29) is 18.1 Å². The Morgan fingerprint density at radius 1 is 1.33 bits per heavy atom. The molecule has 0 spiro atoms. The Kier molecular flexibility index (Phi) is 6.81. The van der Waals surface area contributed by atoms with Gasteiger partial charge in [-0.25, -0.2) is 9.78 Å². The van der Waals surface area contributed by atoms with Crippen LogP contribution in [0.25, 0.3) is 0 Å². The zero-order valence-corrected chi connectivity index (χ0v) is 14.2. The van der Waals surface area contributed by atoms with Crippen molar-refractivity contribution >= 4 is 28.2 Å². The molecule has 1 rings (SSSR count). The highest BCUT2D eigenvalue weighted by atomic mass is 32.1. The van der Waals surface area contributed by atoms with E-state index in [4.69, 9.17) is 4.74 Å². The van der Waals surface area contributed by atoms with Gasteiger partial charge in [-0.15, -0.1) is 0 Å². The van der Waals surface area contributed by atoms with E-state index in [2.05, 4.69) is 23.7 Å². The van der Waals surface area contributed by atoms with Gasteiger partial charge in [0, 0.05) is 20.0 Å². The maximum Gasteiger partial charge on any atom is 0.358 e. The molecule has 6 heteroatoms. The van der Waals surface area contributed by atoms with Crippen LogP contribution in [-0.4, -0.2) is 36.4 Å². The number of ether oxygens (including phenoxy) is 1. The highest BCUT2D eigenvalue weighted by Crippen LogP contribution is 2.28. The van der Waals surface area contributed by atoms with E-state index in [0.29, 0.717) is 15.9 Å². The Labute approximate surface area is 130 Å². The molecule has 1 aromatic rings. The normalized spacial score (nSPS) is 12.0. The summed E-state index contributed by atoms with van der Waals surface area (Å²) in [5.41, 5.74) is 0.145. The lowest BCUT2D eigenvalue weighted by Crippen LogP contribution is -2.28. The van der Waals surface area contributed by atoms with Crippen LogP contribution in [0.2, 0.25) is 0 Å². The number of aromatic nitrogens is 1. The molecule has 1 atom stereocenters. The Balaban J connectivity index is 3.10. The second-order valence-electron chi connectivity index (χ2n) is 5.00. The number of hydrogen-bond donors (Lipinski definition) is 0. The minimum Gasteiger partial charge on any atom is -0.461 e. The van der Waals surface area contributed by atoms with Crippen molar-refractivity contribution in [3.63, 3.8) is 0 Å². The third-order valence-corrected chi connectivity index (χ3v) is 4.50. The number of hydrogen-bond acceptors (Lipinski definition) is 6. The Morgan fingerprint density at radius 3 is 2.48 bits per heavy atom. The summed E-state index contributed by atoms with van der Waals surface area (Å²) in [4.78, 5) is 30.5. The Morgan fingerprint density at radius 2 is 2.00 bits per heavy atom. The lowest BCUT2D eigenvalue weighted by atomic mass is 10.1. The summed E-state index contributed by atoms with van der Waals surface area (Å²) in [5.74, 6) is -0.146. The summed E-state index contributed by atoms with van der Waals surface area (Å²) in [6.45, 7) is 11.5. The molecular formula is C15H24N2O3S. The standard InChI is InChI=1S/C15H24N2O3S/c1-6-10(4)9-17(7-2)15-16-12(14(19)20-8-3)13(21-15)11(5)18/h10H,6-9H2,1-5H3. The molecule has 1 heterocycles. The van der Waals surface area contributed by atoms with E-state index in [0.717, 1.165) is 19.5 Å². The summed E-state index contributed by atoms with van der Waals surface area (Å²) in [6, 6.07) is 0. The van der Waals surface area contributed by atoms with Gasteiger partial charge in [0.05, 0.1) is 6.61 Å². The molecule has 0 saturated carbocycles. The Hall–Kier alpha value is -1.43. The predicted molar refractivity (Wildman–Crippen MR) is 85.4 cm³/mol. The molecule has 118 valence electrons. The van der Waals surface area contributed by atoms with Crippen LogP contribution in [-0.2, 0) is 4.74 Å². The summed E-state index contributed by atoms with van der Waals surface area (Å²) >= 11 is 1.27. The first-order valence-corrected chi connectivity index (χ1v) is 8.19. The molecule has 0 amide bonds. The van der Waals surface area contributed by atoms with Crippen molar-refractivity contribution in [2.45, 2.75) is 41.0 Å². The van der Waals surface area contributed by atoms with Gasteiger partial charge in [-0.1, -0.05) is 31.6 Å². The van der Waals surface area contributed by atoms with Crippen molar-refractivity contribution in [2.24, 2.45) is 5.92 Å². The maximum absolute atomic E-state index is 11.9. The van der Waals surface area contributed by atoms with E-state index in [1.165, 1.54) is 18.3 Å². The van der Waals surface area contributed by atoms with Gasteiger partial charge in [0.25, 0.3) is 0 Å². The SMILES string of the molecule is CCOC(=O)c1nc(N(CC)CC(C)CC)sc1C(C)=O. The van der Waals surface area contributed by atoms with E-state index >= 15 is 0 Å². The molecule has 1 aromatic heterocycles. The van der Waals surface area contributed by atoms with Gasteiger partial charge in [0.1, 0.15) is 4.88 Å². The van der Waals surface area contributed by atoms with Crippen molar-refractivity contribution in [1.82, 2.24) is 4.98 Å². The van der Waals surface area contributed by atoms with Crippen molar-refractivity contribution in [3.05, 3.63) is 10.6 Å². The molecule has 1 unspecified atom stereocenters. The summed E-state index contributed by atoms with van der Waals surface area (Å²) in [6.07, 6.45) is 1.08. The largest absolute Gasteiger partial charge is 0.461 e. The van der Waals surface area contributed by atoms with Crippen molar-refractivity contribution < 1.29 is 14.3 Å². The van der Waals surface area contributed by atoms with Crippen molar-refractivity contribution in [2.75, 3.05) is 24.6 Å². The number of nitrogens with zero attached hydrogens (tertiary/aromatic N) is 2. The first-order chi connectivity index (χ1) is 9.94. The summed E-state index contributed by atoms with van der Waals surface area (Å²) in [5, 5.41) is 0.714. The molecule has 0 aliphatic carbocycles. The number of ketones is 1.